The molecule has 3 heterocycles. The van der Waals surface area contributed by atoms with Crippen molar-refractivity contribution in [3.63, 3.8) is 0 Å². The van der Waals surface area contributed by atoms with Gasteiger partial charge in [0.25, 0.3) is 5.91 Å². The third kappa shape index (κ3) is 3.98. The molecule has 0 spiro atoms. The SMILES string of the molecule is CS(=O)(=O)N[C@H]1CCCN(C(=O)c2ccnc(-n3ccnc3)c2)C1. The smallest absolute Gasteiger partial charge is 0.254 e. The maximum absolute atomic E-state index is 12.7. The summed E-state index contributed by atoms with van der Waals surface area (Å²) in [7, 11) is -3.28. The third-order valence-electron chi connectivity index (χ3n) is 3.85. The number of piperidine rings is 1. The molecule has 1 aliphatic heterocycles. The zero-order valence-corrected chi connectivity index (χ0v) is 14.1. The van der Waals surface area contributed by atoms with Gasteiger partial charge < -0.3 is 4.90 Å². The van der Waals surface area contributed by atoms with E-state index in [-0.39, 0.29) is 11.9 Å². The summed E-state index contributed by atoms with van der Waals surface area (Å²) in [6.45, 7) is 0.984. The van der Waals surface area contributed by atoms with Gasteiger partial charge in [0.05, 0.1) is 6.26 Å². The molecule has 8 nitrogen and oxygen atoms in total. The van der Waals surface area contributed by atoms with E-state index in [1.165, 1.54) is 0 Å². The van der Waals surface area contributed by atoms with Gasteiger partial charge in [0.15, 0.2) is 0 Å². The molecule has 1 amide bonds. The number of nitrogens with zero attached hydrogens (tertiary/aromatic N) is 4. The van der Waals surface area contributed by atoms with Crippen molar-refractivity contribution in [2.24, 2.45) is 0 Å². The van der Waals surface area contributed by atoms with Crippen LogP contribution in [0, 0.1) is 0 Å². The van der Waals surface area contributed by atoms with Crippen molar-refractivity contribution in [3.05, 3.63) is 42.6 Å². The Morgan fingerprint density at radius 3 is 2.92 bits per heavy atom. The van der Waals surface area contributed by atoms with Gasteiger partial charge >= 0.3 is 0 Å². The molecule has 1 fully saturated rings. The summed E-state index contributed by atoms with van der Waals surface area (Å²) in [4.78, 5) is 22.6. The number of carbonyl (C=O) groups excluding carboxylic acids is 1. The first-order valence-electron chi connectivity index (χ1n) is 7.63. The number of nitrogens with one attached hydrogen (secondary N) is 1. The zero-order chi connectivity index (χ0) is 17.2. The highest BCUT2D eigenvalue weighted by molar-refractivity contribution is 7.88. The van der Waals surface area contributed by atoms with Crippen molar-refractivity contribution in [2.45, 2.75) is 18.9 Å². The molecule has 1 aliphatic rings. The van der Waals surface area contributed by atoms with E-state index in [1.807, 2.05) is 0 Å². The molecular weight excluding hydrogens is 330 g/mol. The lowest BCUT2D eigenvalue weighted by Crippen LogP contribution is -2.49. The fourth-order valence-electron chi connectivity index (χ4n) is 2.83. The van der Waals surface area contributed by atoms with E-state index in [0.29, 0.717) is 24.5 Å². The Kier molecular flexibility index (Phi) is 4.63. The van der Waals surface area contributed by atoms with Crippen molar-refractivity contribution < 1.29 is 13.2 Å². The second-order valence-electron chi connectivity index (χ2n) is 5.85. The van der Waals surface area contributed by atoms with E-state index >= 15 is 0 Å². The van der Waals surface area contributed by atoms with E-state index in [9.17, 15) is 13.2 Å². The molecule has 2 aromatic rings. The molecule has 1 N–H and O–H groups in total. The third-order valence-corrected chi connectivity index (χ3v) is 4.61. The highest BCUT2D eigenvalue weighted by atomic mass is 32.2. The fraction of sp³-hybridized carbons (Fsp3) is 0.400. The van der Waals surface area contributed by atoms with Crippen molar-refractivity contribution in [2.75, 3.05) is 19.3 Å². The van der Waals surface area contributed by atoms with Crippen LogP contribution in [-0.2, 0) is 10.0 Å². The summed E-state index contributed by atoms with van der Waals surface area (Å²) in [6, 6.07) is 3.13. The van der Waals surface area contributed by atoms with E-state index in [1.54, 1.807) is 46.5 Å². The first-order chi connectivity index (χ1) is 11.4. The van der Waals surface area contributed by atoms with E-state index in [2.05, 4.69) is 14.7 Å². The van der Waals surface area contributed by atoms with E-state index < -0.39 is 10.0 Å². The Morgan fingerprint density at radius 2 is 2.21 bits per heavy atom. The van der Waals surface area contributed by atoms with E-state index in [0.717, 1.165) is 19.1 Å². The number of pyridine rings is 1. The molecule has 0 radical (unpaired) electrons. The molecule has 1 atom stereocenters. The van der Waals surface area contributed by atoms with Gasteiger partial charge in [-0.2, -0.15) is 0 Å². The number of aromatic nitrogens is 3. The number of amides is 1. The Morgan fingerprint density at radius 1 is 1.38 bits per heavy atom. The maximum Gasteiger partial charge on any atom is 0.254 e. The molecule has 9 heteroatoms. The number of carbonyl (C=O) groups is 1. The van der Waals surface area contributed by atoms with Gasteiger partial charge in [-0.15, -0.1) is 0 Å². The predicted octanol–water partition coefficient (Wildman–Crippen LogP) is 0.421. The Hall–Kier alpha value is -2.26. The largest absolute Gasteiger partial charge is 0.337 e. The molecule has 0 unspecified atom stereocenters. The summed E-state index contributed by atoms with van der Waals surface area (Å²) < 4.78 is 27.1. The van der Waals surface area contributed by atoms with Crippen LogP contribution in [0.5, 0.6) is 0 Å². The lowest BCUT2D eigenvalue weighted by Gasteiger charge is -2.32. The topological polar surface area (TPSA) is 97.2 Å². The van der Waals surface area contributed by atoms with Gasteiger partial charge in [0.2, 0.25) is 10.0 Å². The summed E-state index contributed by atoms with van der Waals surface area (Å²) in [5.74, 6) is 0.486. The number of likely N-dealkylation sites (tertiary alicyclic amines) is 1. The van der Waals surface area contributed by atoms with Gasteiger partial charge in [0.1, 0.15) is 12.1 Å². The van der Waals surface area contributed by atoms with Gasteiger partial charge in [-0.1, -0.05) is 0 Å². The minimum atomic E-state index is -3.28. The number of hydrogen-bond acceptors (Lipinski definition) is 5. The van der Waals surface area contributed by atoms with Crippen LogP contribution < -0.4 is 4.72 Å². The first-order valence-corrected chi connectivity index (χ1v) is 9.52. The van der Waals surface area contributed by atoms with Crippen molar-refractivity contribution in [1.82, 2.24) is 24.2 Å². The lowest BCUT2D eigenvalue weighted by atomic mass is 10.1. The van der Waals surface area contributed by atoms with Crippen LogP contribution in [0.25, 0.3) is 5.82 Å². The van der Waals surface area contributed by atoms with Crippen molar-refractivity contribution in [1.29, 1.82) is 0 Å². The molecule has 0 aromatic carbocycles. The minimum Gasteiger partial charge on any atom is -0.337 e. The van der Waals surface area contributed by atoms with Gasteiger partial charge in [-0.05, 0) is 25.0 Å². The van der Waals surface area contributed by atoms with Crippen LogP contribution in [0.15, 0.2) is 37.1 Å². The normalized spacial score (nSPS) is 18.5. The average molecular weight is 349 g/mol. The molecule has 0 aliphatic carbocycles. The summed E-state index contributed by atoms with van der Waals surface area (Å²) >= 11 is 0. The predicted molar refractivity (Wildman–Crippen MR) is 88.3 cm³/mol. The van der Waals surface area contributed by atoms with Gasteiger partial charge in [-0.25, -0.2) is 23.1 Å². The number of sulfonamides is 1. The summed E-state index contributed by atoms with van der Waals surface area (Å²) in [5, 5.41) is 0. The zero-order valence-electron chi connectivity index (χ0n) is 13.3. The van der Waals surface area contributed by atoms with Gasteiger partial charge in [-0.3, -0.25) is 9.36 Å². The van der Waals surface area contributed by atoms with Crippen LogP contribution in [-0.4, -0.2) is 59.1 Å². The van der Waals surface area contributed by atoms with Gasteiger partial charge in [0, 0.05) is 43.3 Å². The number of rotatable bonds is 4. The summed E-state index contributed by atoms with van der Waals surface area (Å²) in [6.07, 6.45) is 9.22. The molecule has 0 saturated carbocycles. The monoisotopic (exact) mass is 349 g/mol. The highest BCUT2D eigenvalue weighted by Crippen LogP contribution is 2.15. The lowest BCUT2D eigenvalue weighted by molar-refractivity contribution is 0.0703. The Bertz CT molecular complexity index is 819. The molecule has 1 saturated heterocycles. The van der Waals surface area contributed by atoms with Crippen molar-refractivity contribution in [3.8, 4) is 5.82 Å². The molecular formula is C15H19N5O3S. The van der Waals surface area contributed by atoms with Crippen LogP contribution in [0.3, 0.4) is 0 Å². The van der Waals surface area contributed by atoms with Crippen LogP contribution in [0.1, 0.15) is 23.2 Å². The Balaban J connectivity index is 1.75. The highest BCUT2D eigenvalue weighted by Gasteiger charge is 2.26. The maximum atomic E-state index is 12.7. The molecule has 128 valence electrons. The molecule has 3 rings (SSSR count). The van der Waals surface area contributed by atoms with Crippen LogP contribution in [0.4, 0.5) is 0 Å². The van der Waals surface area contributed by atoms with Crippen LogP contribution >= 0.6 is 0 Å². The van der Waals surface area contributed by atoms with E-state index in [4.69, 9.17) is 0 Å². The summed E-state index contributed by atoms with van der Waals surface area (Å²) in [5.41, 5.74) is 0.522. The number of imidazole rings is 1. The second-order valence-corrected chi connectivity index (χ2v) is 7.63. The number of hydrogen-bond donors (Lipinski definition) is 1. The standard InChI is InChI=1S/C15H19N5O3S/c1-24(22,23)18-13-3-2-7-19(10-13)15(21)12-4-5-17-14(9-12)20-8-6-16-11-20/h4-6,8-9,11,13,18H,2-3,7,10H2,1H3/t13-/m0/s1. The average Bonchev–Trinajstić information content (AvgIpc) is 3.07. The quantitative estimate of drug-likeness (QED) is 0.863. The molecule has 2 aromatic heterocycles. The van der Waals surface area contributed by atoms with Crippen molar-refractivity contribution >= 4 is 15.9 Å². The molecule has 0 bridgehead atoms. The molecule has 24 heavy (non-hydrogen) atoms. The first kappa shape index (κ1) is 16.6. The Labute approximate surface area is 140 Å². The van der Waals surface area contributed by atoms with Crippen LogP contribution in [0.2, 0.25) is 0 Å². The second kappa shape index (κ2) is 6.70. The minimum absolute atomic E-state index is 0.126. The fourth-order valence-corrected chi connectivity index (χ4v) is 3.63.